The first kappa shape index (κ1) is 11.6. The Morgan fingerprint density at radius 2 is 2.33 bits per heavy atom. The minimum Gasteiger partial charge on any atom is -0.324 e. The first-order valence-electron chi connectivity index (χ1n) is 6.18. The predicted octanol–water partition coefficient (Wildman–Crippen LogP) is 1.11. The Balaban J connectivity index is 1.81. The van der Waals surface area contributed by atoms with Gasteiger partial charge in [-0.1, -0.05) is 0 Å². The van der Waals surface area contributed by atoms with Crippen molar-refractivity contribution in [3.05, 3.63) is 29.6 Å². The van der Waals surface area contributed by atoms with Gasteiger partial charge in [-0.25, -0.2) is 4.39 Å². The van der Waals surface area contributed by atoms with Crippen LogP contribution in [0.3, 0.4) is 0 Å². The van der Waals surface area contributed by atoms with Crippen molar-refractivity contribution in [2.24, 2.45) is 0 Å². The summed E-state index contributed by atoms with van der Waals surface area (Å²) in [5.74, 6) is -0.397. The third-order valence-corrected chi connectivity index (χ3v) is 3.64. The number of rotatable bonds is 2. The van der Waals surface area contributed by atoms with Crippen LogP contribution in [0.2, 0.25) is 0 Å². The van der Waals surface area contributed by atoms with Gasteiger partial charge in [-0.05, 0) is 38.2 Å². The maximum Gasteiger partial charge on any atom is 0.246 e. The molecular weight excluding hydrogens is 233 g/mol. The second kappa shape index (κ2) is 4.33. The summed E-state index contributed by atoms with van der Waals surface area (Å²) in [6.07, 6.45) is 1.02. The normalized spacial score (nSPS) is 27.3. The fourth-order valence-corrected chi connectivity index (χ4v) is 2.70. The number of likely N-dealkylation sites (tertiary alicyclic amines) is 1. The highest BCUT2D eigenvalue weighted by Crippen LogP contribution is 2.32. The lowest BCUT2D eigenvalue weighted by molar-refractivity contribution is -0.117. The summed E-state index contributed by atoms with van der Waals surface area (Å²) in [7, 11) is 2.06. The molecular formula is C13H16FN3O. The quantitative estimate of drug-likeness (QED) is 0.825. The summed E-state index contributed by atoms with van der Waals surface area (Å²) in [5, 5.41) is 6.10. The molecule has 4 nitrogen and oxygen atoms in total. The van der Waals surface area contributed by atoms with Crippen molar-refractivity contribution < 1.29 is 9.18 Å². The van der Waals surface area contributed by atoms with Gasteiger partial charge in [0.25, 0.3) is 0 Å². The molecule has 2 atom stereocenters. The maximum atomic E-state index is 13.3. The maximum absolute atomic E-state index is 13.3. The van der Waals surface area contributed by atoms with Crippen molar-refractivity contribution >= 4 is 11.6 Å². The second-order valence-electron chi connectivity index (χ2n) is 5.07. The number of nitrogens with zero attached hydrogens (tertiary/aromatic N) is 1. The molecule has 0 saturated carbocycles. The Hall–Kier alpha value is -1.46. The van der Waals surface area contributed by atoms with E-state index in [2.05, 4.69) is 22.6 Å². The lowest BCUT2D eigenvalue weighted by Crippen LogP contribution is -2.37. The number of amides is 1. The molecule has 0 radical (unpaired) electrons. The monoisotopic (exact) mass is 249 g/mol. The molecule has 2 N–H and O–H groups in total. The summed E-state index contributed by atoms with van der Waals surface area (Å²) < 4.78 is 13.3. The fourth-order valence-electron chi connectivity index (χ4n) is 2.70. The van der Waals surface area contributed by atoms with Crippen LogP contribution in [0.4, 0.5) is 10.1 Å². The molecule has 18 heavy (non-hydrogen) atoms. The SMILES string of the molecule is CN1CCC(NC2C(=O)Nc3ccc(F)cc32)C1. The zero-order valence-electron chi connectivity index (χ0n) is 10.2. The van der Waals surface area contributed by atoms with Gasteiger partial charge < -0.3 is 10.2 Å². The van der Waals surface area contributed by atoms with E-state index in [4.69, 9.17) is 0 Å². The zero-order valence-corrected chi connectivity index (χ0v) is 10.2. The minimum atomic E-state index is -0.424. The highest BCUT2D eigenvalue weighted by atomic mass is 19.1. The van der Waals surface area contributed by atoms with E-state index in [-0.39, 0.29) is 11.7 Å². The van der Waals surface area contributed by atoms with Crippen LogP contribution in [0.15, 0.2) is 18.2 Å². The molecule has 1 aromatic carbocycles. The van der Waals surface area contributed by atoms with E-state index in [0.29, 0.717) is 11.7 Å². The Kier molecular flexibility index (Phi) is 2.80. The molecule has 2 aliphatic heterocycles. The standard InChI is InChI=1S/C13H16FN3O/c1-17-5-4-9(7-17)15-12-10-6-8(14)2-3-11(10)16-13(12)18/h2-3,6,9,12,15H,4-5,7H2,1H3,(H,16,18). The molecule has 96 valence electrons. The topological polar surface area (TPSA) is 44.4 Å². The Morgan fingerprint density at radius 1 is 1.50 bits per heavy atom. The van der Waals surface area contributed by atoms with E-state index in [0.717, 1.165) is 25.1 Å². The van der Waals surface area contributed by atoms with Gasteiger partial charge >= 0.3 is 0 Å². The molecule has 0 spiro atoms. The van der Waals surface area contributed by atoms with Crippen LogP contribution in [-0.4, -0.2) is 37.0 Å². The molecule has 2 unspecified atom stereocenters. The Labute approximate surface area is 105 Å². The van der Waals surface area contributed by atoms with Crippen molar-refractivity contribution in [1.82, 2.24) is 10.2 Å². The lowest BCUT2D eigenvalue weighted by Gasteiger charge is -2.17. The minimum absolute atomic E-state index is 0.0925. The molecule has 0 bridgehead atoms. The van der Waals surface area contributed by atoms with Crippen LogP contribution >= 0.6 is 0 Å². The van der Waals surface area contributed by atoms with E-state index < -0.39 is 6.04 Å². The number of hydrogen-bond donors (Lipinski definition) is 2. The van der Waals surface area contributed by atoms with Gasteiger partial charge in [0, 0.05) is 23.8 Å². The van der Waals surface area contributed by atoms with Crippen LogP contribution < -0.4 is 10.6 Å². The highest BCUT2D eigenvalue weighted by Gasteiger charge is 2.33. The van der Waals surface area contributed by atoms with E-state index in [1.807, 2.05) is 0 Å². The van der Waals surface area contributed by atoms with Gasteiger partial charge in [0.05, 0.1) is 0 Å². The number of fused-ring (bicyclic) bond motifs is 1. The number of carbonyl (C=O) groups is 1. The van der Waals surface area contributed by atoms with Crippen LogP contribution in [-0.2, 0) is 4.79 Å². The molecule has 0 aliphatic carbocycles. The predicted molar refractivity (Wildman–Crippen MR) is 66.8 cm³/mol. The number of likely N-dealkylation sites (N-methyl/N-ethyl adjacent to an activating group) is 1. The highest BCUT2D eigenvalue weighted by molar-refractivity contribution is 6.02. The van der Waals surface area contributed by atoms with Crippen LogP contribution in [0.1, 0.15) is 18.0 Å². The third-order valence-electron chi connectivity index (χ3n) is 3.64. The van der Waals surface area contributed by atoms with Crippen molar-refractivity contribution in [2.75, 3.05) is 25.5 Å². The second-order valence-corrected chi connectivity index (χ2v) is 5.07. The van der Waals surface area contributed by atoms with Crippen LogP contribution in [0.25, 0.3) is 0 Å². The molecule has 0 aromatic heterocycles. The fraction of sp³-hybridized carbons (Fsp3) is 0.462. The van der Waals surface area contributed by atoms with Crippen molar-refractivity contribution in [2.45, 2.75) is 18.5 Å². The lowest BCUT2D eigenvalue weighted by atomic mass is 10.1. The average molecular weight is 249 g/mol. The van der Waals surface area contributed by atoms with Gasteiger partial charge in [0.15, 0.2) is 0 Å². The Bertz CT molecular complexity index is 491. The van der Waals surface area contributed by atoms with Crippen LogP contribution in [0, 0.1) is 5.82 Å². The molecule has 2 aliphatic rings. The first-order valence-corrected chi connectivity index (χ1v) is 6.18. The molecule has 3 rings (SSSR count). The van der Waals surface area contributed by atoms with Gasteiger partial charge in [0.2, 0.25) is 5.91 Å². The molecule has 1 fully saturated rings. The number of carbonyl (C=O) groups excluding carboxylic acids is 1. The number of anilines is 1. The van der Waals surface area contributed by atoms with Crippen molar-refractivity contribution in [3.63, 3.8) is 0 Å². The van der Waals surface area contributed by atoms with Gasteiger partial charge in [0.1, 0.15) is 11.9 Å². The first-order chi connectivity index (χ1) is 8.63. The molecule has 1 saturated heterocycles. The number of halogens is 1. The van der Waals surface area contributed by atoms with Crippen molar-refractivity contribution in [1.29, 1.82) is 0 Å². The van der Waals surface area contributed by atoms with Crippen LogP contribution in [0.5, 0.6) is 0 Å². The summed E-state index contributed by atoms with van der Waals surface area (Å²) in [4.78, 5) is 14.1. The van der Waals surface area contributed by atoms with E-state index in [9.17, 15) is 9.18 Å². The van der Waals surface area contributed by atoms with E-state index in [1.54, 1.807) is 6.07 Å². The summed E-state index contributed by atoms with van der Waals surface area (Å²) in [6.45, 7) is 1.95. The van der Waals surface area contributed by atoms with Gasteiger partial charge in [-0.2, -0.15) is 0 Å². The number of hydrogen-bond acceptors (Lipinski definition) is 3. The molecule has 1 amide bonds. The summed E-state index contributed by atoms with van der Waals surface area (Å²) in [5.41, 5.74) is 1.43. The number of benzene rings is 1. The Morgan fingerprint density at radius 3 is 3.06 bits per heavy atom. The largest absolute Gasteiger partial charge is 0.324 e. The average Bonchev–Trinajstić information content (AvgIpc) is 2.86. The van der Waals surface area contributed by atoms with Gasteiger partial charge in [-0.15, -0.1) is 0 Å². The number of nitrogens with one attached hydrogen (secondary N) is 2. The summed E-state index contributed by atoms with van der Waals surface area (Å²) >= 11 is 0. The molecule has 1 aromatic rings. The molecule has 2 heterocycles. The summed E-state index contributed by atoms with van der Waals surface area (Å²) in [6, 6.07) is 4.28. The smallest absolute Gasteiger partial charge is 0.246 e. The van der Waals surface area contributed by atoms with E-state index >= 15 is 0 Å². The van der Waals surface area contributed by atoms with Crippen molar-refractivity contribution in [3.8, 4) is 0 Å². The zero-order chi connectivity index (χ0) is 12.7. The van der Waals surface area contributed by atoms with E-state index in [1.165, 1.54) is 12.1 Å². The van der Waals surface area contributed by atoms with Gasteiger partial charge in [-0.3, -0.25) is 10.1 Å². The third kappa shape index (κ3) is 2.00. The molecule has 5 heteroatoms.